The van der Waals surface area contributed by atoms with Crippen molar-refractivity contribution in [2.24, 2.45) is 0 Å². The van der Waals surface area contributed by atoms with E-state index < -0.39 is 11.9 Å². The van der Waals surface area contributed by atoms with Crippen LogP contribution in [0.1, 0.15) is 18.1 Å². The Kier molecular flexibility index (Phi) is 4.06. The summed E-state index contributed by atoms with van der Waals surface area (Å²) in [5, 5.41) is 13.1. The fraction of sp³-hybridized carbons (Fsp3) is 0.235. The quantitative estimate of drug-likeness (QED) is 0.916. The first-order valence-corrected chi connectivity index (χ1v) is 7.21. The highest BCUT2D eigenvalue weighted by atomic mass is 19.1. The summed E-state index contributed by atoms with van der Waals surface area (Å²) in [6, 6.07) is 13.6. The second-order valence-corrected chi connectivity index (χ2v) is 5.33. The lowest BCUT2D eigenvalue weighted by molar-refractivity contribution is -0.116. The van der Waals surface area contributed by atoms with Crippen LogP contribution in [0.2, 0.25) is 0 Å². The molecule has 0 radical (unpaired) electrons. The van der Waals surface area contributed by atoms with E-state index in [1.54, 1.807) is 6.07 Å². The SMILES string of the molecule is O=C1CCN(C[C@@H](O)c2ccccc2)c2ccc(F)cc2N1. The van der Waals surface area contributed by atoms with E-state index in [-0.39, 0.29) is 5.91 Å². The number of nitrogens with one attached hydrogen (secondary N) is 1. The molecule has 2 N–H and O–H groups in total. The average molecular weight is 300 g/mol. The minimum atomic E-state index is -0.674. The highest BCUT2D eigenvalue weighted by Crippen LogP contribution is 2.31. The molecule has 3 rings (SSSR count). The number of fused-ring (bicyclic) bond motifs is 1. The molecule has 5 heteroatoms. The number of β-amino-alcohol motifs (C(OH)–C–C–N with tert-alkyl or cyclic N) is 1. The third-order valence-electron chi connectivity index (χ3n) is 3.76. The van der Waals surface area contributed by atoms with Crippen molar-refractivity contribution in [3.05, 3.63) is 59.9 Å². The molecular weight excluding hydrogens is 283 g/mol. The zero-order valence-corrected chi connectivity index (χ0v) is 12.0. The van der Waals surface area contributed by atoms with Gasteiger partial charge >= 0.3 is 0 Å². The van der Waals surface area contributed by atoms with Crippen molar-refractivity contribution < 1.29 is 14.3 Å². The van der Waals surface area contributed by atoms with Crippen LogP contribution in [0, 0.1) is 5.82 Å². The number of benzene rings is 2. The molecule has 22 heavy (non-hydrogen) atoms. The first-order chi connectivity index (χ1) is 10.6. The Morgan fingerprint density at radius 2 is 2.00 bits per heavy atom. The largest absolute Gasteiger partial charge is 0.387 e. The number of carbonyl (C=O) groups excluding carboxylic acids is 1. The van der Waals surface area contributed by atoms with Crippen molar-refractivity contribution in [2.45, 2.75) is 12.5 Å². The summed E-state index contributed by atoms with van der Waals surface area (Å²) in [5.41, 5.74) is 1.99. The van der Waals surface area contributed by atoms with Gasteiger partial charge in [0.05, 0.1) is 17.5 Å². The number of hydrogen-bond acceptors (Lipinski definition) is 3. The van der Waals surface area contributed by atoms with Gasteiger partial charge in [0.15, 0.2) is 0 Å². The monoisotopic (exact) mass is 300 g/mol. The fourth-order valence-corrected chi connectivity index (χ4v) is 2.63. The first-order valence-electron chi connectivity index (χ1n) is 7.21. The van der Waals surface area contributed by atoms with Crippen molar-refractivity contribution >= 4 is 17.3 Å². The summed E-state index contributed by atoms with van der Waals surface area (Å²) in [4.78, 5) is 13.6. The molecule has 0 bridgehead atoms. The van der Waals surface area contributed by atoms with Gasteiger partial charge in [-0.2, -0.15) is 0 Å². The summed E-state index contributed by atoms with van der Waals surface area (Å²) >= 11 is 0. The van der Waals surface area contributed by atoms with E-state index in [1.807, 2.05) is 35.2 Å². The maximum absolute atomic E-state index is 13.4. The number of aliphatic hydroxyl groups is 1. The summed E-state index contributed by atoms with van der Waals surface area (Å²) in [6.07, 6.45) is -0.370. The Morgan fingerprint density at radius 3 is 2.77 bits per heavy atom. The van der Waals surface area contributed by atoms with Crippen molar-refractivity contribution in [1.82, 2.24) is 0 Å². The molecule has 0 saturated carbocycles. The average Bonchev–Trinajstić information content (AvgIpc) is 2.67. The molecule has 4 nitrogen and oxygen atoms in total. The van der Waals surface area contributed by atoms with Crippen LogP contribution in [0.3, 0.4) is 0 Å². The second kappa shape index (κ2) is 6.15. The van der Waals surface area contributed by atoms with E-state index >= 15 is 0 Å². The summed E-state index contributed by atoms with van der Waals surface area (Å²) in [6.45, 7) is 0.825. The van der Waals surface area contributed by atoms with Crippen molar-refractivity contribution in [2.75, 3.05) is 23.3 Å². The highest BCUT2D eigenvalue weighted by molar-refractivity contribution is 5.96. The van der Waals surface area contributed by atoms with Crippen LogP contribution < -0.4 is 10.2 Å². The van der Waals surface area contributed by atoms with Crippen LogP contribution >= 0.6 is 0 Å². The van der Waals surface area contributed by atoms with Gasteiger partial charge in [0.1, 0.15) is 5.82 Å². The van der Waals surface area contributed by atoms with E-state index in [0.717, 1.165) is 11.3 Å². The second-order valence-electron chi connectivity index (χ2n) is 5.33. The van der Waals surface area contributed by atoms with Crippen LogP contribution in [0.4, 0.5) is 15.8 Å². The Bertz CT molecular complexity index is 676. The molecule has 2 aromatic carbocycles. The number of halogens is 1. The normalized spacial score (nSPS) is 15.7. The lowest BCUT2D eigenvalue weighted by Gasteiger charge is -2.27. The fourth-order valence-electron chi connectivity index (χ4n) is 2.63. The minimum absolute atomic E-state index is 0.149. The molecule has 0 aromatic heterocycles. The molecule has 1 aliphatic heterocycles. The molecule has 114 valence electrons. The van der Waals surface area contributed by atoms with Gasteiger partial charge in [0.2, 0.25) is 5.91 Å². The van der Waals surface area contributed by atoms with Gasteiger partial charge in [0, 0.05) is 19.5 Å². The molecule has 0 unspecified atom stereocenters. The predicted octanol–water partition coefficient (Wildman–Crippen LogP) is 2.71. The number of hydrogen-bond donors (Lipinski definition) is 2. The molecule has 1 aliphatic rings. The third-order valence-corrected chi connectivity index (χ3v) is 3.76. The van der Waals surface area contributed by atoms with Gasteiger partial charge in [-0.1, -0.05) is 30.3 Å². The Hall–Kier alpha value is -2.40. The van der Waals surface area contributed by atoms with Crippen molar-refractivity contribution in [3.63, 3.8) is 0 Å². The Labute approximate surface area is 128 Å². The number of aliphatic hydroxyl groups excluding tert-OH is 1. The summed E-state index contributed by atoms with van der Waals surface area (Å²) in [7, 11) is 0. The van der Waals surface area contributed by atoms with E-state index in [2.05, 4.69) is 5.32 Å². The Balaban J connectivity index is 1.86. The van der Waals surface area contributed by atoms with Crippen LogP contribution in [0.15, 0.2) is 48.5 Å². The van der Waals surface area contributed by atoms with Gasteiger partial charge in [-0.3, -0.25) is 4.79 Å². The zero-order valence-electron chi connectivity index (χ0n) is 12.0. The predicted molar refractivity (Wildman–Crippen MR) is 83.3 cm³/mol. The standard InChI is InChI=1S/C17H17FN2O2/c18-13-6-7-15-14(10-13)19-17(22)8-9-20(15)11-16(21)12-4-2-1-3-5-12/h1-7,10,16,21H,8-9,11H2,(H,19,22)/t16-/m1/s1. The van der Waals surface area contributed by atoms with Crippen LogP contribution in [0.25, 0.3) is 0 Å². The molecular formula is C17H17FN2O2. The topological polar surface area (TPSA) is 52.6 Å². The van der Waals surface area contributed by atoms with Crippen molar-refractivity contribution in [3.8, 4) is 0 Å². The highest BCUT2D eigenvalue weighted by Gasteiger charge is 2.22. The number of amides is 1. The van der Waals surface area contributed by atoms with E-state index in [1.165, 1.54) is 12.1 Å². The molecule has 0 fully saturated rings. The van der Waals surface area contributed by atoms with Crippen LogP contribution in [-0.2, 0) is 4.79 Å². The maximum atomic E-state index is 13.4. The van der Waals surface area contributed by atoms with Crippen LogP contribution in [0.5, 0.6) is 0 Å². The number of anilines is 2. The lowest BCUT2D eigenvalue weighted by atomic mass is 10.1. The number of carbonyl (C=O) groups is 1. The van der Waals surface area contributed by atoms with E-state index in [4.69, 9.17) is 0 Å². The molecule has 0 saturated heterocycles. The lowest BCUT2D eigenvalue weighted by Crippen LogP contribution is -2.29. The first kappa shape index (κ1) is 14.5. The molecule has 1 heterocycles. The summed E-state index contributed by atoms with van der Waals surface area (Å²) < 4.78 is 13.4. The molecule has 2 aromatic rings. The number of rotatable bonds is 3. The molecule has 0 aliphatic carbocycles. The number of nitrogens with zero attached hydrogens (tertiary/aromatic N) is 1. The van der Waals surface area contributed by atoms with Gasteiger partial charge in [-0.25, -0.2) is 4.39 Å². The van der Waals surface area contributed by atoms with Gasteiger partial charge < -0.3 is 15.3 Å². The third kappa shape index (κ3) is 3.09. The van der Waals surface area contributed by atoms with Gasteiger partial charge in [-0.05, 0) is 23.8 Å². The van der Waals surface area contributed by atoms with Crippen molar-refractivity contribution in [1.29, 1.82) is 0 Å². The zero-order chi connectivity index (χ0) is 15.5. The van der Waals surface area contributed by atoms with Crippen LogP contribution in [-0.4, -0.2) is 24.1 Å². The van der Waals surface area contributed by atoms with E-state index in [9.17, 15) is 14.3 Å². The Morgan fingerprint density at radius 1 is 1.23 bits per heavy atom. The maximum Gasteiger partial charge on any atom is 0.226 e. The van der Waals surface area contributed by atoms with Gasteiger partial charge in [0.25, 0.3) is 0 Å². The molecule has 1 atom stereocenters. The smallest absolute Gasteiger partial charge is 0.226 e. The minimum Gasteiger partial charge on any atom is -0.387 e. The van der Waals surface area contributed by atoms with Gasteiger partial charge in [-0.15, -0.1) is 0 Å². The molecule has 1 amide bonds. The van der Waals surface area contributed by atoms with E-state index in [0.29, 0.717) is 25.2 Å². The molecule has 0 spiro atoms. The summed E-state index contributed by atoms with van der Waals surface area (Å²) in [5.74, 6) is -0.548.